The Morgan fingerprint density at radius 2 is 1.83 bits per heavy atom. The number of hydrogen-bond donors (Lipinski definition) is 1. The van der Waals surface area contributed by atoms with Crippen LogP contribution in [0.3, 0.4) is 0 Å². The monoisotopic (exact) mass is 404 g/mol. The molecule has 1 aliphatic carbocycles. The van der Waals surface area contributed by atoms with E-state index in [1.165, 1.54) is 25.7 Å². The van der Waals surface area contributed by atoms with Crippen molar-refractivity contribution in [3.63, 3.8) is 0 Å². The second-order valence-electron chi connectivity index (χ2n) is 7.50. The molecule has 8 nitrogen and oxygen atoms in total. The van der Waals surface area contributed by atoms with Crippen LogP contribution in [0.5, 0.6) is 11.5 Å². The van der Waals surface area contributed by atoms with E-state index in [9.17, 15) is 0 Å². The molecule has 0 amide bonds. The van der Waals surface area contributed by atoms with E-state index in [-0.39, 0.29) is 0 Å². The fourth-order valence-corrected chi connectivity index (χ4v) is 4.10. The molecule has 30 heavy (non-hydrogen) atoms. The second kappa shape index (κ2) is 7.70. The summed E-state index contributed by atoms with van der Waals surface area (Å²) < 4.78 is 14.5. The predicted molar refractivity (Wildman–Crippen MR) is 114 cm³/mol. The molecule has 3 heterocycles. The van der Waals surface area contributed by atoms with E-state index in [2.05, 4.69) is 21.5 Å². The van der Waals surface area contributed by atoms with Gasteiger partial charge in [0.25, 0.3) is 0 Å². The maximum Gasteiger partial charge on any atom is 0.246 e. The fraction of sp³-hybridized carbons (Fsp3) is 0.318. The van der Waals surface area contributed by atoms with Crippen molar-refractivity contribution in [2.24, 2.45) is 0 Å². The number of imidazole rings is 1. The van der Waals surface area contributed by atoms with Gasteiger partial charge in [0.05, 0.1) is 37.3 Å². The summed E-state index contributed by atoms with van der Waals surface area (Å²) in [5, 5.41) is 7.86. The number of fused-ring (bicyclic) bond motifs is 1. The van der Waals surface area contributed by atoms with E-state index < -0.39 is 0 Å². The van der Waals surface area contributed by atoms with E-state index in [1.807, 2.05) is 45.7 Å². The standard InChI is InChI=1S/C22H24N6O2/c1-29-17-10-16(11-18(12-17)30-2)27-13-20(23-14-27)24-22-25-21(15-6-3-4-7-15)19-8-5-9-28(19)26-22/h5,8-15H,3-4,6-7H2,1-2H3,(H,24,26). The van der Waals surface area contributed by atoms with Crippen molar-refractivity contribution in [3.8, 4) is 17.2 Å². The minimum absolute atomic E-state index is 0.493. The molecular weight excluding hydrogens is 380 g/mol. The minimum Gasteiger partial charge on any atom is -0.497 e. The van der Waals surface area contributed by atoms with E-state index >= 15 is 0 Å². The molecule has 4 aromatic rings. The van der Waals surface area contributed by atoms with Gasteiger partial charge in [-0.25, -0.2) is 14.5 Å². The van der Waals surface area contributed by atoms with Crippen LogP contribution in [0.1, 0.15) is 37.3 Å². The molecule has 1 aliphatic rings. The highest BCUT2D eigenvalue weighted by Crippen LogP contribution is 2.35. The lowest BCUT2D eigenvalue weighted by Crippen LogP contribution is -2.08. The molecule has 1 N–H and O–H groups in total. The first-order chi connectivity index (χ1) is 14.7. The van der Waals surface area contributed by atoms with Gasteiger partial charge in [-0.1, -0.05) is 12.8 Å². The van der Waals surface area contributed by atoms with Crippen LogP contribution < -0.4 is 14.8 Å². The van der Waals surface area contributed by atoms with Crippen molar-refractivity contribution < 1.29 is 9.47 Å². The molecule has 1 aromatic carbocycles. The van der Waals surface area contributed by atoms with Crippen molar-refractivity contribution in [1.82, 2.24) is 24.1 Å². The summed E-state index contributed by atoms with van der Waals surface area (Å²) in [6, 6.07) is 9.78. The quantitative estimate of drug-likeness (QED) is 0.515. The topological polar surface area (TPSA) is 78.5 Å². The van der Waals surface area contributed by atoms with Crippen molar-refractivity contribution in [3.05, 3.63) is 54.7 Å². The van der Waals surface area contributed by atoms with Gasteiger partial charge in [0.2, 0.25) is 5.95 Å². The molecule has 3 aromatic heterocycles. The van der Waals surface area contributed by atoms with E-state index in [0.717, 1.165) is 28.4 Å². The predicted octanol–water partition coefficient (Wildman–Crippen LogP) is 4.33. The van der Waals surface area contributed by atoms with E-state index in [4.69, 9.17) is 14.5 Å². The van der Waals surface area contributed by atoms with Gasteiger partial charge in [0.1, 0.15) is 17.8 Å². The Kier molecular flexibility index (Phi) is 4.74. The highest BCUT2D eigenvalue weighted by Gasteiger charge is 2.22. The van der Waals surface area contributed by atoms with Gasteiger partial charge >= 0.3 is 0 Å². The zero-order valence-electron chi connectivity index (χ0n) is 17.1. The van der Waals surface area contributed by atoms with Crippen LogP contribution in [0, 0.1) is 0 Å². The number of rotatable bonds is 6. The van der Waals surface area contributed by atoms with Crippen LogP contribution in [0.25, 0.3) is 11.2 Å². The molecule has 0 atom stereocenters. The normalized spacial score (nSPS) is 14.3. The Labute approximate surface area is 174 Å². The van der Waals surface area contributed by atoms with Crippen LogP contribution in [-0.4, -0.2) is 38.4 Å². The molecule has 5 rings (SSSR count). The molecule has 1 saturated carbocycles. The lowest BCUT2D eigenvalue weighted by Gasteiger charge is -2.12. The van der Waals surface area contributed by atoms with Crippen LogP contribution in [0.4, 0.5) is 11.8 Å². The molecule has 1 fully saturated rings. The van der Waals surface area contributed by atoms with E-state index in [1.54, 1.807) is 20.5 Å². The molecule has 0 bridgehead atoms. The Morgan fingerprint density at radius 1 is 1.07 bits per heavy atom. The van der Waals surface area contributed by atoms with E-state index in [0.29, 0.717) is 17.7 Å². The third-order valence-electron chi connectivity index (χ3n) is 5.62. The number of methoxy groups -OCH3 is 2. The van der Waals surface area contributed by atoms with Gasteiger partial charge in [-0.2, -0.15) is 0 Å². The Hall–Kier alpha value is -3.55. The van der Waals surface area contributed by atoms with Crippen LogP contribution >= 0.6 is 0 Å². The molecule has 0 aliphatic heterocycles. The number of ether oxygens (including phenoxy) is 2. The third kappa shape index (κ3) is 3.45. The molecule has 0 unspecified atom stereocenters. The SMILES string of the molecule is COc1cc(OC)cc(-n2cnc(Nc3nc(C4CCCC4)c4cccn4n3)c2)c1. The summed E-state index contributed by atoms with van der Waals surface area (Å²) in [4.78, 5) is 9.33. The highest BCUT2D eigenvalue weighted by molar-refractivity contribution is 5.57. The summed E-state index contributed by atoms with van der Waals surface area (Å²) in [6.45, 7) is 0. The summed E-state index contributed by atoms with van der Waals surface area (Å²) in [5.74, 6) is 3.15. The van der Waals surface area contributed by atoms with Crippen LogP contribution in [0.15, 0.2) is 49.1 Å². The third-order valence-corrected chi connectivity index (χ3v) is 5.62. The Balaban J connectivity index is 1.45. The number of hydrogen-bond acceptors (Lipinski definition) is 6. The molecule has 8 heteroatoms. The number of nitrogens with one attached hydrogen (secondary N) is 1. The van der Waals surface area contributed by atoms with Gasteiger partial charge < -0.3 is 19.4 Å². The number of nitrogens with zero attached hydrogens (tertiary/aromatic N) is 5. The van der Waals surface area contributed by atoms with Gasteiger partial charge in [0, 0.05) is 30.3 Å². The summed E-state index contributed by atoms with van der Waals surface area (Å²) >= 11 is 0. The van der Waals surface area contributed by atoms with Crippen molar-refractivity contribution >= 4 is 17.3 Å². The molecular formula is C22H24N6O2. The lowest BCUT2D eigenvalue weighted by molar-refractivity contribution is 0.394. The van der Waals surface area contributed by atoms with Crippen LogP contribution in [0.2, 0.25) is 0 Å². The van der Waals surface area contributed by atoms with Crippen molar-refractivity contribution in [2.45, 2.75) is 31.6 Å². The first-order valence-electron chi connectivity index (χ1n) is 10.1. The summed E-state index contributed by atoms with van der Waals surface area (Å²) in [7, 11) is 3.27. The van der Waals surface area contributed by atoms with Gasteiger partial charge in [0.15, 0.2) is 5.82 Å². The largest absolute Gasteiger partial charge is 0.497 e. The molecule has 0 saturated heterocycles. The zero-order valence-corrected chi connectivity index (χ0v) is 17.1. The van der Waals surface area contributed by atoms with Crippen molar-refractivity contribution in [1.29, 1.82) is 0 Å². The molecule has 154 valence electrons. The average molecular weight is 404 g/mol. The van der Waals surface area contributed by atoms with Crippen LogP contribution in [-0.2, 0) is 0 Å². The lowest BCUT2D eigenvalue weighted by atomic mass is 10.0. The maximum atomic E-state index is 5.36. The first kappa shape index (κ1) is 18.5. The van der Waals surface area contributed by atoms with Gasteiger partial charge in [-0.15, -0.1) is 5.10 Å². The van der Waals surface area contributed by atoms with Crippen molar-refractivity contribution in [2.75, 3.05) is 19.5 Å². The number of benzene rings is 1. The molecule has 0 radical (unpaired) electrons. The summed E-state index contributed by atoms with van der Waals surface area (Å²) in [5.41, 5.74) is 3.09. The number of anilines is 2. The van der Waals surface area contributed by atoms with Gasteiger partial charge in [-0.05, 0) is 25.0 Å². The molecule has 0 spiro atoms. The second-order valence-corrected chi connectivity index (χ2v) is 7.50. The number of aromatic nitrogens is 5. The zero-order chi connectivity index (χ0) is 20.5. The minimum atomic E-state index is 0.493. The Bertz CT molecular complexity index is 1150. The first-order valence-corrected chi connectivity index (χ1v) is 10.1. The van der Waals surface area contributed by atoms with Gasteiger partial charge in [-0.3, -0.25) is 0 Å². The Morgan fingerprint density at radius 3 is 2.57 bits per heavy atom. The average Bonchev–Trinajstić information content (AvgIpc) is 3.54. The highest BCUT2D eigenvalue weighted by atomic mass is 16.5. The smallest absolute Gasteiger partial charge is 0.246 e. The summed E-state index contributed by atoms with van der Waals surface area (Å²) in [6.07, 6.45) is 10.5. The maximum absolute atomic E-state index is 5.36. The fourth-order valence-electron chi connectivity index (χ4n) is 4.10.